The highest BCUT2D eigenvalue weighted by atomic mass is 32.1. The van der Waals surface area contributed by atoms with Gasteiger partial charge in [-0.05, 0) is 62.4 Å². The number of hydrogen-bond acceptors (Lipinski definition) is 7. The van der Waals surface area contributed by atoms with Gasteiger partial charge in [-0.25, -0.2) is 4.98 Å². The van der Waals surface area contributed by atoms with E-state index in [-0.39, 0.29) is 35.8 Å². The Hall–Kier alpha value is -4.61. The molecule has 0 unspecified atom stereocenters. The van der Waals surface area contributed by atoms with E-state index in [1.807, 2.05) is 85.4 Å². The molecule has 0 saturated carbocycles. The van der Waals surface area contributed by atoms with Crippen LogP contribution in [0.2, 0.25) is 0 Å². The maximum Gasteiger partial charge on any atom is 0.263 e. The quantitative estimate of drug-likeness (QED) is 0.280. The predicted octanol–water partition coefficient (Wildman–Crippen LogP) is 4.77. The van der Waals surface area contributed by atoms with Gasteiger partial charge in [0.25, 0.3) is 11.5 Å². The van der Waals surface area contributed by atoms with Gasteiger partial charge in [0.1, 0.15) is 12.0 Å². The summed E-state index contributed by atoms with van der Waals surface area (Å²) in [5.41, 5.74) is 3.35. The Bertz CT molecular complexity index is 2020. The summed E-state index contributed by atoms with van der Waals surface area (Å²) in [6, 6.07) is 17.7. The number of hydrogen-bond donors (Lipinski definition) is 1. The lowest BCUT2D eigenvalue weighted by Crippen LogP contribution is -2.53. The van der Waals surface area contributed by atoms with E-state index < -0.39 is 5.60 Å². The Morgan fingerprint density at radius 1 is 1.00 bits per heavy atom. The highest BCUT2D eigenvalue weighted by Crippen LogP contribution is 2.38. The van der Waals surface area contributed by atoms with Crippen LogP contribution in [0.25, 0.3) is 21.5 Å². The fraction of sp³-hybridized carbons (Fsp3) is 0.378. The molecule has 0 radical (unpaired) electrons. The molecule has 5 aromatic rings. The number of thiophene rings is 1. The second-order valence-electron chi connectivity index (χ2n) is 13.4. The van der Waals surface area contributed by atoms with Gasteiger partial charge < -0.3 is 19.5 Å². The molecular weight excluding hydrogens is 625 g/mol. The molecule has 4 aromatic heterocycles. The van der Waals surface area contributed by atoms with Crippen molar-refractivity contribution in [2.24, 2.45) is 13.0 Å². The van der Waals surface area contributed by atoms with Gasteiger partial charge in [0.15, 0.2) is 0 Å². The van der Waals surface area contributed by atoms with E-state index in [0.717, 1.165) is 27.3 Å². The van der Waals surface area contributed by atoms with Crippen molar-refractivity contribution in [3.8, 4) is 10.4 Å². The number of aryl methyl sites for hydroxylation is 3. The summed E-state index contributed by atoms with van der Waals surface area (Å²) >= 11 is 1.49. The van der Waals surface area contributed by atoms with E-state index in [1.54, 1.807) is 16.8 Å². The molecule has 2 aliphatic heterocycles. The lowest BCUT2D eigenvalue weighted by Gasteiger charge is -2.43. The van der Waals surface area contributed by atoms with Crippen LogP contribution in [0.15, 0.2) is 78.1 Å². The summed E-state index contributed by atoms with van der Waals surface area (Å²) in [7, 11) is 1.84. The zero-order chi connectivity index (χ0) is 33.6. The second kappa shape index (κ2) is 12.8. The maximum absolute atomic E-state index is 14.2. The van der Waals surface area contributed by atoms with Crippen molar-refractivity contribution >= 4 is 34.2 Å². The number of fused-ring (bicyclic) bond motifs is 1. The molecule has 11 heteroatoms. The van der Waals surface area contributed by atoms with Gasteiger partial charge in [-0.15, -0.1) is 11.3 Å². The third-order valence-electron chi connectivity index (χ3n) is 10.1. The first kappa shape index (κ1) is 32.0. The minimum absolute atomic E-state index is 0.0114. The molecule has 1 N–H and O–H groups in total. The first-order chi connectivity index (χ1) is 23.1. The largest absolute Gasteiger partial charge is 0.388 e. The molecule has 10 nitrogen and oxygen atoms in total. The van der Waals surface area contributed by atoms with Crippen LogP contribution in [0.3, 0.4) is 0 Å². The fourth-order valence-electron chi connectivity index (χ4n) is 7.25. The van der Waals surface area contributed by atoms with E-state index in [2.05, 4.69) is 9.97 Å². The monoisotopic (exact) mass is 664 g/mol. The molecule has 248 valence electrons. The van der Waals surface area contributed by atoms with E-state index in [1.165, 1.54) is 22.2 Å². The molecule has 2 atom stereocenters. The molecule has 1 aromatic carbocycles. The number of carbonyl (C=O) groups is 2. The molecule has 48 heavy (non-hydrogen) atoms. The van der Waals surface area contributed by atoms with Crippen molar-refractivity contribution < 1.29 is 14.7 Å². The highest BCUT2D eigenvalue weighted by molar-refractivity contribution is 7.17. The van der Waals surface area contributed by atoms with Crippen LogP contribution < -0.4 is 5.56 Å². The summed E-state index contributed by atoms with van der Waals surface area (Å²) in [5.74, 6) is -0.387. The van der Waals surface area contributed by atoms with Gasteiger partial charge in [0.05, 0.1) is 22.4 Å². The molecule has 2 aliphatic rings. The lowest BCUT2D eigenvalue weighted by molar-refractivity contribution is -0.142. The van der Waals surface area contributed by atoms with Crippen LogP contribution in [-0.4, -0.2) is 77.6 Å². The summed E-state index contributed by atoms with van der Waals surface area (Å²) in [4.78, 5) is 55.5. The number of nitrogens with zero attached hydrogens (tertiary/aromatic N) is 6. The third kappa shape index (κ3) is 6.08. The smallest absolute Gasteiger partial charge is 0.263 e. The number of amides is 2. The zero-order valence-electron chi connectivity index (χ0n) is 27.5. The molecule has 6 heterocycles. The second-order valence-corrected chi connectivity index (χ2v) is 14.4. The van der Waals surface area contributed by atoms with Crippen LogP contribution in [0.4, 0.5) is 0 Å². The van der Waals surface area contributed by atoms with Crippen molar-refractivity contribution in [3.05, 3.63) is 105 Å². The highest BCUT2D eigenvalue weighted by Gasteiger charge is 2.42. The third-order valence-corrected chi connectivity index (χ3v) is 11.3. The normalized spacial score (nSPS) is 19.5. The molecule has 0 aliphatic carbocycles. The molecule has 2 fully saturated rings. The molecular formula is C37H40N6O4S. The van der Waals surface area contributed by atoms with Crippen molar-refractivity contribution in [1.82, 2.24) is 28.9 Å². The van der Waals surface area contributed by atoms with Crippen LogP contribution in [0.5, 0.6) is 0 Å². The molecule has 0 bridgehead atoms. The summed E-state index contributed by atoms with van der Waals surface area (Å²) in [6.45, 7) is 5.85. The number of aliphatic hydroxyl groups is 1. The summed E-state index contributed by atoms with van der Waals surface area (Å²) < 4.78 is 3.28. The molecule has 2 saturated heterocycles. The maximum atomic E-state index is 14.2. The van der Waals surface area contributed by atoms with E-state index in [9.17, 15) is 19.5 Å². The summed E-state index contributed by atoms with van der Waals surface area (Å²) in [5, 5.41) is 12.0. The Morgan fingerprint density at radius 2 is 1.77 bits per heavy atom. The predicted molar refractivity (Wildman–Crippen MR) is 186 cm³/mol. The Labute approximate surface area is 283 Å². The van der Waals surface area contributed by atoms with Crippen LogP contribution in [0.1, 0.15) is 51.7 Å². The number of carbonyl (C=O) groups excluding carboxylic acids is 2. The van der Waals surface area contributed by atoms with Gasteiger partial charge in [-0.3, -0.25) is 23.9 Å². The Morgan fingerprint density at radius 3 is 2.50 bits per heavy atom. The minimum atomic E-state index is -1.12. The van der Waals surface area contributed by atoms with Crippen molar-refractivity contribution in [2.45, 2.75) is 51.2 Å². The van der Waals surface area contributed by atoms with Crippen molar-refractivity contribution in [1.29, 1.82) is 0 Å². The number of rotatable bonds is 6. The van der Waals surface area contributed by atoms with Crippen LogP contribution in [0, 0.1) is 19.8 Å². The van der Waals surface area contributed by atoms with E-state index >= 15 is 0 Å². The first-order valence-corrected chi connectivity index (χ1v) is 17.3. The fourth-order valence-corrected chi connectivity index (χ4v) is 8.38. The topological polar surface area (TPSA) is 114 Å². The van der Waals surface area contributed by atoms with E-state index in [4.69, 9.17) is 0 Å². The SMILES string of the molecule is Cc1ccc(-c2sc(C(=O)N3CC[C@@H](C(=O)N4CCC(O)(Cn5cnc6c(ccn6C)c5=O)CC4)[C@H](c4ccccc4)C3)cc2C)cn1. The standard InChI is InChI=1S/C37H40N6O4S/c1-24-19-31(48-32(24)27-10-9-25(2)38-20-27)36(46)42-16-12-28(30(21-42)26-7-5-4-6-8-26)34(44)41-17-13-37(47,14-18-41)22-43-23-39-33-29(35(43)45)11-15-40(33)3/h4-11,15,19-20,23,28,30,47H,12-14,16-18,21-22H2,1-3H3/t28-,30+/m1/s1. The van der Waals surface area contributed by atoms with Gasteiger partial charge >= 0.3 is 0 Å². The lowest BCUT2D eigenvalue weighted by atomic mass is 9.79. The van der Waals surface area contributed by atoms with Crippen LogP contribution >= 0.6 is 11.3 Å². The number of piperidine rings is 2. The Balaban J connectivity index is 1.05. The zero-order valence-corrected chi connectivity index (χ0v) is 28.3. The average molecular weight is 665 g/mol. The average Bonchev–Trinajstić information content (AvgIpc) is 3.68. The van der Waals surface area contributed by atoms with Crippen molar-refractivity contribution in [2.75, 3.05) is 26.2 Å². The molecule has 2 amide bonds. The minimum Gasteiger partial charge on any atom is -0.388 e. The number of likely N-dealkylation sites (tertiary alicyclic amines) is 2. The Kier molecular flexibility index (Phi) is 8.51. The van der Waals surface area contributed by atoms with Crippen molar-refractivity contribution in [3.63, 3.8) is 0 Å². The molecule has 0 spiro atoms. The van der Waals surface area contributed by atoms with Gasteiger partial charge in [-0.1, -0.05) is 36.4 Å². The number of aromatic nitrogens is 4. The van der Waals surface area contributed by atoms with Gasteiger partial charge in [0.2, 0.25) is 5.91 Å². The number of pyridine rings is 1. The van der Waals surface area contributed by atoms with Crippen LogP contribution in [-0.2, 0) is 18.4 Å². The van der Waals surface area contributed by atoms with Gasteiger partial charge in [-0.2, -0.15) is 0 Å². The first-order valence-electron chi connectivity index (χ1n) is 16.5. The van der Waals surface area contributed by atoms with Gasteiger partial charge in [0, 0.05) is 73.6 Å². The summed E-state index contributed by atoms with van der Waals surface area (Å²) in [6.07, 6.45) is 6.44. The molecule has 7 rings (SSSR count). The number of benzene rings is 1. The van der Waals surface area contributed by atoms with E-state index in [0.29, 0.717) is 61.4 Å².